The van der Waals surface area contributed by atoms with Crippen LogP contribution in [0, 0.1) is 10.2 Å². The topological polar surface area (TPSA) is 87.6 Å². The zero-order valence-electron chi connectivity index (χ0n) is 12.1. The number of fused-ring (bicyclic) bond motifs is 1. The average Bonchev–Trinajstić information content (AvgIpc) is 2.54. The first kappa shape index (κ1) is 16.2. The Morgan fingerprint density at radius 1 is 0.913 bits per heavy atom. The van der Waals surface area contributed by atoms with Crippen molar-refractivity contribution in [3.63, 3.8) is 0 Å². The quantitative estimate of drug-likeness (QED) is 0.743. The molecule has 1 atom stereocenters. The summed E-state index contributed by atoms with van der Waals surface area (Å²) in [6, 6.07) is 14.5. The van der Waals surface area contributed by atoms with Gasteiger partial charge < -0.3 is 4.74 Å². The Hall–Kier alpha value is -1.67. The summed E-state index contributed by atoms with van der Waals surface area (Å²) < 4.78 is 43.8. The molecular weight excluding hydrogens is 340 g/mol. The fourth-order valence-electron chi connectivity index (χ4n) is 2.31. The van der Waals surface area contributed by atoms with Crippen LogP contribution in [-0.2, 0) is 3.74 Å². The number of hydrogen-bond acceptors (Lipinski definition) is 5. The van der Waals surface area contributed by atoms with Gasteiger partial charge in [-0.2, -0.15) is 14.0 Å². The second-order valence-corrected chi connectivity index (χ2v) is 7.30. The minimum atomic E-state index is -4.58. The molecule has 0 aromatic heterocycles. The van der Waals surface area contributed by atoms with Crippen LogP contribution in [-0.4, -0.2) is 12.0 Å². The lowest BCUT2D eigenvalue weighted by molar-refractivity contribution is -1.91. The third kappa shape index (κ3) is 3.48. The van der Waals surface area contributed by atoms with Gasteiger partial charge in [0.15, 0.2) is 10.8 Å². The van der Waals surface area contributed by atoms with Gasteiger partial charge in [0.05, 0.1) is 27.1 Å². The monoisotopic (exact) mass is 352 g/mol. The van der Waals surface area contributed by atoms with Crippen LogP contribution in [0.1, 0.15) is 11.1 Å². The van der Waals surface area contributed by atoms with E-state index >= 15 is 0 Å². The number of halogens is 1. The van der Waals surface area contributed by atoms with Crippen LogP contribution in [0.3, 0.4) is 0 Å². The van der Waals surface area contributed by atoms with Crippen molar-refractivity contribution < 1.29 is 32.7 Å². The third-order valence-electron chi connectivity index (χ3n) is 3.23. The number of ether oxygens (including phenoxy) is 1. The van der Waals surface area contributed by atoms with Gasteiger partial charge in [0, 0.05) is 0 Å². The Balaban J connectivity index is 2.26. The van der Waals surface area contributed by atoms with Crippen LogP contribution in [0.4, 0.5) is 0 Å². The first-order chi connectivity index (χ1) is 11.0. The number of methoxy groups -OCH3 is 1. The van der Waals surface area contributed by atoms with Gasteiger partial charge in [-0.25, -0.2) is 0 Å². The maximum atomic E-state index is 11.2. The van der Waals surface area contributed by atoms with Gasteiger partial charge in [-0.15, -0.1) is 0 Å². The molecule has 7 heteroatoms. The van der Waals surface area contributed by atoms with Gasteiger partial charge in [0.1, 0.15) is 9.49 Å². The lowest BCUT2D eigenvalue weighted by Gasteiger charge is -2.21. The summed E-state index contributed by atoms with van der Waals surface area (Å²) in [5, 5.41) is 0. The SMILES string of the molecule is COc1cccc2c1S(O[Cl+3]([O-])([O-])[O-])=C(c1ccccc1)C=C2. The Kier molecular flexibility index (Phi) is 4.54. The van der Waals surface area contributed by atoms with Crippen molar-refractivity contribution in [2.45, 2.75) is 4.90 Å². The average molecular weight is 353 g/mol. The molecule has 1 unspecified atom stereocenters. The van der Waals surface area contributed by atoms with Crippen LogP contribution in [0.15, 0.2) is 59.5 Å². The van der Waals surface area contributed by atoms with Crippen LogP contribution < -0.4 is 18.7 Å². The lowest BCUT2D eigenvalue weighted by atomic mass is 10.1. The molecule has 23 heavy (non-hydrogen) atoms. The maximum absolute atomic E-state index is 11.2. The smallest absolute Gasteiger partial charge is 0.152 e. The van der Waals surface area contributed by atoms with Crippen LogP contribution in [0.2, 0.25) is 0 Å². The van der Waals surface area contributed by atoms with Gasteiger partial charge in [0.25, 0.3) is 0 Å². The van der Waals surface area contributed by atoms with E-state index < -0.39 is 21.0 Å². The molecule has 0 aliphatic carbocycles. The summed E-state index contributed by atoms with van der Waals surface area (Å²) in [6.45, 7) is 0. The predicted molar refractivity (Wildman–Crippen MR) is 79.5 cm³/mol. The first-order valence-electron chi connectivity index (χ1n) is 6.62. The van der Waals surface area contributed by atoms with E-state index in [1.807, 2.05) is 42.5 Å². The lowest BCUT2D eigenvalue weighted by Crippen LogP contribution is -2.60. The van der Waals surface area contributed by atoms with Crippen LogP contribution >= 0.6 is 10.8 Å². The zero-order valence-corrected chi connectivity index (χ0v) is 13.7. The fourth-order valence-corrected chi connectivity index (χ4v) is 4.90. The Morgan fingerprint density at radius 3 is 2.30 bits per heavy atom. The molecule has 0 saturated heterocycles. The van der Waals surface area contributed by atoms with Crippen molar-refractivity contribution >= 4 is 21.7 Å². The number of allylic oxidation sites excluding steroid dienone is 1. The fraction of sp³-hybridized carbons (Fsp3) is 0.0625. The van der Waals surface area contributed by atoms with Gasteiger partial charge in [-0.3, -0.25) is 0 Å². The van der Waals surface area contributed by atoms with Crippen molar-refractivity contribution in [1.82, 2.24) is 0 Å². The van der Waals surface area contributed by atoms with Crippen molar-refractivity contribution in [1.29, 1.82) is 0 Å². The molecular formula is C16H13ClO5S. The van der Waals surface area contributed by atoms with Crippen LogP contribution in [0.5, 0.6) is 5.75 Å². The summed E-state index contributed by atoms with van der Waals surface area (Å²) in [4.78, 5) is 1.15. The molecule has 0 fully saturated rings. The molecule has 0 N–H and O–H groups in total. The van der Waals surface area contributed by atoms with Crippen LogP contribution in [0.25, 0.3) is 6.08 Å². The molecule has 2 aromatic carbocycles. The maximum Gasteiger partial charge on any atom is 0.152 e. The minimum Gasteiger partial charge on any atom is -0.495 e. The Bertz CT molecular complexity index is 781. The molecule has 0 saturated carbocycles. The van der Waals surface area contributed by atoms with E-state index in [1.165, 1.54) is 7.11 Å². The van der Waals surface area contributed by atoms with E-state index in [0.29, 0.717) is 15.5 Å². The Labute approximate surface area is 138 Å². The van der Waals surface area contributed by atoms with Gasteiger partial charge in [-0.05, 0) is 23.3 Å². The highest BCUT2D eigenvalue weighted by atomic mass is 35.7. The molecule has 0 bridgehead atoms. The van der Waals surface area contributed by atoms with Crippen molar-refractivity contribution in [3.8, 4) is 5.75 Å². The minimum absolute atomic E-state index is 0.475. The molecule has 2 aromatic rings. The second kappa shape index (κ2) is 6.45. The predicted octanol–water partition coefficient (Wildman–Crippen LogP) is 0.399. The molecule has 0 amide bonds. The molecule has 0 spiro atoms. The summed E-state index contributed by atoms with van der Waals surface area (Å²) in [6.07, 6.45) is 3.61. The van der Waals surface area contributed by atoms with E-state index in [0.717, 1.165) is 11.1 Å². The summed E-state index contributed by atoms with van der Waals surface area (Å²) >= 11 is 0. The van der Waals surface area contributed by atoms with E-state index in [9.17, 15) is 14.0 Å². The summed E-state index contributed by atoms with van der Waals surface area (Å²) in [5.74, 6) is 0.475. The highest BCUT2D eigenvalue weighted by Crippen LogP contribution is 2.45. The second-order valence-electron chi connectivity index (χ2n) is 4.65. The van der Waals surface area contributed by atoms with E-state index in [4.69, 9.17) is 8.47 Å². The van der Waals surface area contributed by atoms with E-state index in [1.54, 1.807) is 18.2 Å². The molecule has 1 aliphatic heterocycles. The standard InChI is InChI=1S/C16H13ClO5S/c1-21-14-9-5-8-13-10-11-15(12-6-3-2-4-7-12)23(16(13)14)22-17(18,19)20/h2-11H,1H3. The molecule has 120 valence electrons. The third-order valence-corrected chi connectivity index (χ3v) is 5.93. The van der Waals surface area contributed by atoms with Crippen molar-refractivity contribution in [3.05, 3.63) is 65.7 Å². The molecule has 1 aliphatic rings. The zero-order chi connectivity index (χ0) is 16.4. The normalized spacial score (nSPS) is 17.0. The summed E-state index contributed by atoms with van der Waals surface area (Å²) in [5.41, 5.74) is 1.54. The number of rotatable bonds is 4. The summed E-state index contributed by atoms with van der Waals surface area (Å²) in [7, 11) is -4.49. The highest BCUT2D eigenvalue weighted by molar-refractivity contribution is 8.12. The van der Waals surface area contributed by atoms with Crippen molar-refractivity contribution in [2.24, 2.45) is 0 Å². The van der Waals surface area contributed by atoms with Crippen molar-refractivity contribution in [2.75, 3.05) is 7.11 Å². The number of hydrogen-bond donors (Lipinski definition) is 0. The van der Waals surface area contributed by atoms with Gasteiger partial charge in [0.2, 0.25) is 0 Å². The highest BCUT2D eigenvalue weighted by Gasteiger charge is 2.32. The molecule has 1 heterocycles. The van der Waals surface area contributed by atoms with Gasteiger partial charge in [-0.1, -0.05) is 48.5 Å². The largest absolute Gasteiger partial charge is 0.495 e. The first-order valence-corrected chi connectivity index (χ1v) is 9.00. The molecule has 3 rings (SSSR count). The number of benzene rings is 2. The van der Waals surface area contributed by atoms with Gasteiger partial charge >= 0.3 is 0 Å². The molecule has 5 nitrogen and oxygen atoms in total. The Morgan fingerprint density at radius 2 is 1.65 bits per heavy atom. The van der Waals surface area contributed by atoms with E-state index in [2.05, 4.69) is 0 Å². The molecule has 0 radical (unpaired) electrons. The van der Waals surface area contributed by atoms with E-state index in [-0.39, 0.29) is 0 Å².